The number of thioether (sulfide) groups is 1. The van der Waals surface area contributed by atoms with Crippen molar-refractivity contribution in [1.82, 2.24) is 5.32 Å². The van der Waals surface area contributed by atoms with E-state index in [1.165, 1.54) is 6.92 Å². The second-order valence-electron chi connectivity index (χ2n) is 5.48. The number of amidine groups is 1. The van der Waals surface area contributed by atoms with Crippen LogP contribution in [0, 0.1) is 0 Å². The molecule has 1 heterocycles. The van der Waals surface area contributed by atoms with Gasteiger partial charge in [-0.1, -0.05) is 28.1 Å². The van der Waals surface area contributed by atoms with E-state index in [1.807, 2.05) is 0 Å². The molecule has 1 aliphatic heterocycles. The van der Waals surface area contributed by atoms with Crippen molar-refractivity contribution in [3.05, 3.63) is 69.0 Å². The molecule has 8 heteroatoms. The SMILES string of the molecule is CC(=O)NC1=NC(=O)C(=Cc2ccc(OC(=O)c3ccc(Br)cc3)cc2)S1. The first kappa shape index (κ1) is 19.1. The molecule has 0 spiro atoms. The summed E-state index contributed by atoms with van der Waals surface area (Å²) in [5.74, 6) is -0.754. The first-order chi connectivity index (χ1) is 12.9. The van der Waals surface area contributed by atoms with Crippen molar-refractivity contribution in [3.63, 3.8) is 0 Å². The zero-order valence-corrected chi connectivity index (χ0v) is 16.5. The lowest BCUT2D eigenvalue weighted by Gasteiger charge is -2.05. The van der Waals surface area contributed by atoms with E-state index in [9.17, 15) is 14.4 Å². The fourth-order valence-electron chi connectivity index (χ4n) is 2.15. The molecule has 0 aromatic heterocycles. The average molecular weight is 445 g/mol. The Labute approximate surface area is 167 Å². The van der Waals surface area contributed by atoms with Gasteiger partial charge in [-0.25, -0.2) is 4.79 Å². The minimum Gasteiger partial charge on any atom is -0.423 e. The number of halogens is 1. The number of aliphatic imine (C=N–C) groups is 1. The smallest absolute Gasteiger partial charge is 0.343 e. The molecule has 3 rings (SSSR count). The number of hydrogen-bond donors (Lipinski definition) is 1. The summed E-state index contributed by atoms with van der Waals surface area (Å²) in [6.45, 7) is 1.35. The van der Waals surface area contributed by atoms with Crippen molar-refractivity contribution < 1.29 is 19.1 Å². The van der Waals surface area contributed by atoms with Gasteiger partial charge in [-0.3, -0.25) is 9.59 Å². The van der Waals surface area contributed by atoms with Crippen LogP contribution in [0.3, 0.4) is 0 Å². The zero-order chi connectivity index (χ0) is 19.4. The molecule has 0 radical (unpaired) electrons. The van der Waals surface area contributed by atoms with Crippen LogP contribution in [0.15, 0.2) is 62.9 Å². The second-order valence-corrected chi connectivity index (χ2v) is 7.43. The number of hydrogen-bond acceptors (Lipinski definition) is 5. The lowest BCUT2D eigenvalue weighted by molar-refractivity contribution is -0.117. The molecule has 1 N–H and O–H groups in total. The average Bonchev–Trinajstić information content (AvgIpc) is 2.95. The van der Waals surface area contributed by atoms with Crippen molar-refractivity contribution >= 4 is 56.7 Å². The van der Waals surface area contributed by atoms with Crippen LogP contribution < -0.4 is 10.1 Å². The number of ether oxygens (including phenoxy) is 1. The summed E-state index contributed by atoms with van der Waals surface area (Å²) in [5.41, 5.74) is 1.19. The standard InChI is InChI=1S/C19H13BrN2O4S/c1-11(23)21-19-22-17(24)16(27-19)10-12-2-8-15(9-3-12)26-18(25)13-4-6-14(20)7-5-13/h2-10H,1H3,(H,21,22,23,24). The van der Waals surface area contributed by atoms with Gasteiger partial charge in [0.05, 0.1) is 10.5 Å². The van der Waals surface area contributed by atoms with Crippen molar-refractivity contribution in [2.24, 2.45) is 4.99 Å². The highest BCUT2D eigenvalue weighted by molar-refractivity contribution is 9.10. The molecular weight excluding hydrogens is 432 g/mol. The Morgan fingerprint density at radius 3 is 2.41 bits per heavy atom. The van der Waals surface area contributed by atoms with Crippen molar-refractivity contribution in [2.45, 2.75) is 6.92 Å². The van der Waals surface area contributed by atoms with Gasteiger partial charge in [0.1, 0.15) is 5.75 Å². The van der Waals surface area contributed by atoms with Crippen LogP contribution in [0.1, 0.15) is 22.8 Å². The van der Waals surface area contributed by atoms with Crippen molar-refractivity contribution in [2.75, 3.05) is 0 Å². The van der Waals surface area contributed by atoms with E-state index in [0.29, 0.717) is 16.2 Å². The number of esters is 1. The van der Waals surface area contributed by atoms with Gasteiger partial charge in [-0.15, -0.1) is 0 Å². The molecule has 2 aromatic carbocycles. The minimum absolute atomic E-state index is 0.263. The Bertz CT molecular complexity index is 966. The van der Waals surface area contributed by atoms with E-state index in [-0.39, 0.29) is 11.1 Å². The molecule has 0 fully saturated rings. The molecule has 27 heavy (non-hydrogen) atoms. The maximum Gasteiger partial charge on any atom is 0.343 e. The minimum atomic E-state index is -0.455. The highest BCUT2D eigenvalue weighted by Gasteiger charge is 2.22. The normalized spacial score (nSPS) is 14.8. The lowest BCUT2D eigenvalue weighted by atomic mass is 10.2. The topological polar surface area (TPSA) is 84.8 Å². The van der Waals surface area contributed by atoms with E-state index >= 15 is 0 Å². The van der Waals surface area contributed by atoms with Crippen LogP contribution in [0.25, 0.3) is 6.08 Å². The van der Waals surface area contributed by atoms with E-state index in [1.54, 1.807) is 54.6 Å². The van der Waals surface area contributed by atoms with E-state index < -0.39 is 11.9 Å². The summed E-state index contributed by atoms with van der Waals surface area (Å²) >= 11 is 4.41. The van der Waals surface area contributed by atoms with Crippen molar-refractivity contribution in [3.8, 4) is 5.75 Å². The van der Waals surface area contributed by atoms with Crippen LogP contribution in [-0.4, -0.2) is 23.0 Å². The number of nitrogens with zero attached hydrogens (tertiary/aromatic N) is 1. The fraction of sp³-hybridized carbons (Fsp3) is 0.0526. The van der Waals surface area contributed by atoms with Gasteiger partial charge in [-0.2, -0.15) is 4.99 Å². The van der Waals surface area contributed by atoms with Gasteiger partial charge in [0.25, 0.3) is 5.91 Å². The molecule has 2 aromatic rings. The highest BCUT2D eigenvalue weighted by Crippen LogP contribution is 2.28. The van der Waals surface area contributed by atoms with Crippen LogP contribution in [0.2, 0.25) is 0 Å². The maximum atomic E-state index is 12.1. The maximum absolute atomic E-state index is 12.1. The number of benzene rings is 2. The molecule has 0 unspecified atom stereocenters. The highest BCUT2D eigenvalue weighted by atomic mass is 79.9. The van der Waals surface area contributed by atoms with E-state index in [2.05, 4.69) is 26.2 Å². The van der Waals surface area contributed by atoms with Crippen LogP contribution in [-0.2, 0) is 9.59 Å². The largest absolute Gasteiger partial charge is 0.423 e. The predicted molar refractivity (Wildman–Crippen MR) is 107 cm³/mol. The molecule has 0 aliphatic carbocycles. The molecule has 136 valence electrons. The third-order valence-corrected chi connectivity index (χ3v) is 4.80. The number of nitrogens with one attached hydrogen (secondary N) is 1. The molecule has 0 atom stereocenters. The van der Waals surface area contributed by atoms with E-state index in [4.69, 9.17) is 4.74 Å². The zero-order valence-electron chi connectivity index (χ0n) is 14.1. The molecule has 0 saturated heterocycles. The van der Waals surface area contributed by atoms with Gasteiger partial charge < -0.3 is 10.1 Å². The second kappa shape index (κ2) is 8.32. The fourth-order valence-corrected chi connectivity index (χ4v) is 3.27. The Balaban J connectivity index is 1.65. The monoisotopic (exact) mass is 444 g/mol. The van der Waals surface area contributed by atoms with Gasteiger partial charge in [0.15, 0.2) is 5.17 Å². The first-order valence-corrected chi connectivity index (χ1v) is 9.39. The molecule has 6 nitrogen and oxygen atoms in total. The van der Waals surface area contributed by atoms with E-state index in [0.717, 1.165) is 21.8 Å². The third kappa shape index (κ3) is 5.15. The first-order valence-electron chi connectivity index (χ1n) is 7.79. The van der Waals surface area contributed by atoms with Gasteiger partial charge in [-0.05, 0) is 59.8 Å². The Kier molecular flexibility index (Phi) is 5.88. The van der Waals surface area contributed by atoms with Gasteiger partial charge >= 0.3 is 5.97 Å². The summed E-state index contributed by atoms with van der Waals surface area (Å²) in [6.07, 6.45) is 1.66. The summed E-state index contributed by atoms with van der Waals surface area (Å²) in [6, 6.07) is 13.6. The number of rotatable bonds is 3. The number of amides is 2. The summed E-state index contributed by atoms with van der Waals surface area (Å²) in [7, 11) is 0. The number of carbonyl (C=O) groups excluding carboxylic acids is 3. The summed E-state index contributed by atoms with van der Waals surface area (Å²) < 4.78 is 6.21. The number of carbonyl (C=O) groups is 3. The molecule has 2 amide bonds. The molecule has 0 saturated carbocycles. The van der Waals surface area contributed by atoms with Crippen molar-refractivity contribution in [1.29, 1.82) is 0 Å². The molecule has 0 bridgehead atoms. The third-order valence-electron chi connectivity index (χ3n) is 3.37. The quantitative estimate of drug-likeness (QED) is 0.442. The summed E-state index contributed by atoms with van der Waals surface area (Å²) in [5, 5.41) is 2.75. The predicted octanol–water partition coefficient (Wildman–Crippen LogP) is 3.77. The van der Waals surface area contributed by atoms with Gasteiger partial charge in [0.2, 0.25) is 5.91 Å². The van der Waals surface area contributed by atoms with Crippen LogP contribution in [0.4, 0.5) is 0 Å². The Hall–Kier alpha value is -2.71. The van der Waals surface area contributed by atoms with Crippen LogP contribution in [0.5, 0.6) is 5.75 Å². The van der Waals surface area contributed by atoms with Gasteiger partial charge in [0, 0.05) is 11.4 Å². The Morgan fingerprint density at radius 2 is 1.78 bits per heavy atom. The Morgan fingerprint density at radius 1 is 1.11 bits per heavy atom. The summed E-state index contributed by atoms with van der Waals surface area (Å²) in [4.78, 5) is 39.2. The molecular formula is C19H13BrN2O4S. The molecule has 1 aliphatic rings. The van der Waals surface area contributed by atoms with Crippen LogP contribution >= 0.6 is 27.7 Å². The lowest BCUT2D eigenvalue weighted by Crippen LogP contribution is -2.23.